The van der Waals surface area contributed by atoms with Gasteiger partial charge in [0.1, 0.15) is 23.7 Å². The highest BCUT2D eigenvalue weighted by molar-refractivity contribution is 5.42. The van der Waals surface area contributed by atoms with Gasteiger partial charge in [-0.15, -0.1) is 0 Å². The molecular weight excluding hydrogens is 328 g/mol. The van der Waals surface area contributed by atoms with Crippen LogP contribution >= 0.6 is 0 Å². The van der Waals surface area contributed by atoms with Crippen LogP contribution in [-0.2, 0) is 0 Å². The van der Waals surface area contributed by atoms with Gasteiger partial charge in [-0.1, -0.05) is 48.5 Å². The van der Waals surface area contributed by atoms with E-state index in [0.717, 1.165) is 22.6 Å². The van der Waals surface area contributed by atoms with Crippen molar-refractivity contribution in [3.63, 3.8) is 0 Å². The molecule has 4 nitrogen and oxygen atoms in total. The highest BCUT2D eigenvalue weighted by Gasteiger charge is 2.20. The lowest BCUT2D eigenvalue weighted by atomic mass is 9.91. The summed E-state index contributed by atoms with van der Waals surface area (Å²) in [6.07, 6.45) is -1.69. The van der Waals surface area contributed by atoms with E-state index in [1.807, 2.05) is 48.5 Å². The van der Waals surface area contributed by atoms with Crippen molar-refractivity contribution in [3.8, 4) is 11.5 Å². The predicted octanol–water partition coefficient (Wildman–Crippen LogP) is 3.87. The molecular formula is C22H22O4. The first-order valence-electron chi connectivity index (χ1n) is 8.37. The maximum atomic E-state index is 10.8. The summed E-state index contributed by atoms with van der Waals surface area (Å²) in [4.78, 5) is 0. The third kappa shape index (κ3) is 3.72. The SMILES string of the molecule is COc1ccc([C@@H](O)c2ccccc2[C@H](O)c2ccc(OC)cc2)cc1. The molecule has 0 fully saturated rings. The Kier molecular flexibility index (Phi) is 5.56. The van der Waals surface area contributed by atoms with Crippen molar-refractivity contribution in [3.05, 3.63) is 95.1 Å². The van der Waals surface area contributed by atoms with Gasteiger partial charge in [-0.2, -0.15) is 0 Å². The molecule has 0 aliphatic carbocycles. The normalized spacial score (nSPS) is 13.1. The molecule has 0 saturated carbocycles. The van der Waals surface area contributed by atoms with Gasteiger partial charge < -0.3 is 19.7 Å². The lowest BCUT2D eigenvalue weighted by Crippen LogP contribution is -2.08. The summed E-state index contributed by atoms with van der Waals surface area (Å²) in [5, 5.41) is 21.7. The molecule has 0 saturated heterocycles. The number of hydrogen-bond donors (Lipinski definition) is 2. The van der Waals surface area contributed by atoms with E-state index in [-0.39, 0.29) is 0 Å². The number of aliphatic hydroxyl groups excluding tert-OH is 2. The van der Waals surface area contributed by atoms with Crippen LogP contribution in [0.3, 0.4) is 0 Å². The molecule has 26 heavy (non-hydrogen) atoms. The van der Waals surface area contributed by atoms with Crippen molar-refractivity contribution in [2.45, 2.75) is 12.2 Å². The van der Waals surface area contributed by atoms with E-state index in [4.69, 9.17) is 9.47 Å². The quantitative estimate of drug-likeness (QED) is 0.709. The first kappa shape index (κ1) is 18.0. The smallest absolute Gasteiger partial charge is 0.118 e. The Labute approximate surface area is 153 Å². The summed E-state index contributed by atoms with van der Waals surface area (Å²) in [6.45, 7) is 0. The van der Waals surface area contributed by atoms with Gasteiger partial charge in [0.05, 0.1) is 14.2 Å². The van der Waals surface area contributed by atoms with Crippen LogP contribution < -0.4 is 9.47 Å². The number of rotatable bonds is 6. The molecule has 3 aromatic rings. The lowest BCUT2D eigenvalue weighted by molar-refractivity contribution is 0.197. The van der Waals surface area contributed by atoms with E-state index in [2.05, 4.69) is 0 Å². The summed E-state index contributed by atoms with van der Waals surface area (Å²) >= 11 is 0. The third-order valence-corrected chi connectivity index (χ3v) is 4.45. The molecule has 0 spiro atoms. The molecule has 0 amide bonds. The number of benzene rings is 3. The average molecular weight is 350 g/mol. The zero-order chi connectivity index (χ0) is 18.5. The van der Waals surface area contributed by atoms with Crippen LogP contribution in [-0.4, -0.2) is 24.4 Å². The van der Waals surface area contributed by atoms with E-state index in [1.165, 1.54) is 0 Å². The maximum absolute atomic E-state index is 10.8. The fraction of sp³-hybridized carbons (Fsp3) is 0.182. The minimum Gasteiger partial charge on any atom is -0.497 e. The number of hydrogen-bond acceptors (Lipinski definition) is 4. The Morgan fingerprint density at radius 1 is 0.577 bits per heavy atom. The molecule has 3 rings (SSSR count). The highest BCUT2D eigenvalue weighted by atomic mass is 16.5. The fourth-order valence-electron chi connectivity index (χ4n) is 2.94. The van der Waals surface area contributed by atoms with Gasteiger partial charge in [0.2, 0.25) is 0 Å². The second-order valence-electron chi connectivity index (χ2n) is 5.98. The van der Waals surface area contributed by atoms with E-state index in [1.54, 1.807) is 38.5 Å². The molecule has 0 radical (unpaired) electrons. The number of aliphatic hydroxyl groups is 2. The van der Waals surface area contributed by atoms with Gasteiger partial charge in [-0.3, -0.25) is 0 Å². The monoisotopic (exact) mass is 350 g/mol. The van der Waals surface area contributed by atoms with Crippen molar-refractivity contribution in [2.24, 2.45) is 0 Å². The fourth-order valence-corrected chi connectivity index (χ4v) is 2.94. The molecule has 0 aromatic heterocycles. The molecule has 2 atom stereocenters. The summed E-state index contributed by atoms with van der Waals surface area (Å²) in [5.74, 6) is 1.46. The van der Waals surface area contributed by atoms with E-state index < -0.39 is 12.2 Å². The molecule has 2 N–H and O–H groups in total. The van der Waals surface area contributed by atoms with E-state index >= 15 is 0 Å². The molecule has 4 heteroatoms. The first-order valence-corrected chi connectivity index (χ1v) is 8.37. The van der Waals surface area contributed by atoms with Gasteiger partial charge in [-0.25, -0.2) is 0 Å². The van der Waals surface area contributed by atoms with Crippen molar-refractivity contribution < 1.29 is 19.7 Å². The highest BCUT2D eigenvalue weighted by Crippen LogP contribution is 2.32. The molecule has 0 bridgehead atoms. The Hall–Kier alpha value is -2.82. The van der Waals surface area contributed by atoms with Gasteiger partial charge in [0.15, 0.2) is 0 Å². The van der Waals surface area contributed by atoms with Crippen LogP contribution in [0, 0.1) is 0 Å². The van der Waals surface area contributed by atoms with Crippen LogP contribution in [0.5, 0.6) is 11.5 Å². The second kappa shape index (κ2) is 8.04. The van der Waals surface area contributed by atoms with Gasteiger partial charge >= 0.3 is 0 Å². The number of methoxy groups -OCH3 is 2. The van der Waals surface area contributed by atoms with Gasteiger partial charge in [-0.05, 0) is 46.5 Å². The van der Waals surface area contributed by atoms with E-state index in [9.17, 15) is 10.2 Å². The Balaban J connectivity index is 1.93. The van der Waals surface area contributed by atoms with Gasteiger partial charge in [0, 0.05) is 0 Å². The zero-order valence-electron chi connectivity index (χ0n) is 14.8. The average Bonchev–Trinajstić information content (AvgIpc) is 2.73. The second-order valence-corrected chi connectivity index (χ2v) is 5.98. The Morgan fingerprint density at radius 3 is 1.23 bits per heavy atom. The summed E-state index contributed by atoms with van der Waals surface area (Å²) in [5.41, 5.74) is 2.81. The zero-order valence-corrected chi connectivity index (χ0v) is 14.8. The van der Waals surface area contributed by atoms with Crippen LogP contribution in [0.2, 0.25) is 0 Å². The Morgan fingerprint density at radius 2 is 0.923 bits per heavy atom. The Bertz CT molecular complexity index is 768. The van der Waals surface area contributed by atoms with Crippen LogP contribution in [0.4, 0.5) is 0 Å². The summed E-state index contributed by atoms with van der Waals surface area (Å²) < 4.78 is 10.3. The first-order chi connectivity index (χ1) is 12.6. The van der Waals surface area contributed by atoms with Crippen molar-refractivity contribution in [1.29, 1.82) is 0 Å². The standard InChI is InChI=1S/C22H22O4/c1-25-17-11-7-15(8-12-17)21(23)19-5-3-4-6-20(19)22(24)16-9-13-18(26-2)14-10-16/h3-14,21-24H,1-2H3/t21-,22-/m1/s1. The maximum Gasteiger partial charge on any atom is 0.118 e. The van der Waals surface area contributed by atoms with Crippen molar-refractivity contribution in [2.75, 3.05) is 14.2 Å². The predicted molar refractivity (Wildman–Crippen MR) is 101 cm³/mol. The molecule has 0 aliphatic heterocycles. The molecule has 0 aliphatic rings. The third-order valence-electron chi connectivity index (χ3n) is 4.45. The van der Waals surface area contributed by atoms with Crippen LogP contribution in [0.25, 0.3) is 0 Å². The molecule has 0 unspecified atom stereocenters. The number of ether oxygens (including phenoxy) is 2. The minimum atomic E-state index is -0.843. The summed E-state index contributed by atoms with van der Waals surface area (Å²) in [7, 11) is 3.21. The van der Waals surface area contributed by atoms with E-state index in [0.29, 0.717) is 11.1 Å². The van der Waals surface area contributed by atoms with Crippen LogP contribution in [0.15, 0.2) is 72.8 Å². The topological polar surface area (TPSA) is 58.9 Å². The molecule has 134 valence electrons. The largest absolute Gasteiger partial charge is 0.497 e. The van der Waals surface area contributed by atoms with Crippen molar-refractivity contribution in [1.82, 2.24) is 0 Å². The van der Waals surface area contributed by atoms with Gasteiger partial charge in [0.25, 0.3) is 0 Å². The lowest BCUT2D eigenvalue weighted by Gasteiger charge is -2.20. The molecule has 3 aromatic carbocycles. The minimum absolute atomic E-state index is 0.668. The van der Waals surface area contributed by atoms with Crippen LogP contribution in [0.1, 0.15) is 34.5 Å². The summed E-state index contributed by atoms with van der Waals surface area (Å²) in [6, 6.07) is 21.9. The van der Waals surface area contributed by atoms with Crippen molar-refractivity contribution >= 4 is 0 Å². The molecule has 0 heterocycles.